The molecule has 0 aliphatic heterocycles. The second-order valence-corrected chi connectivity index (χ2v) is 6.92. The number of rotatable bonds is 7. The standard InChI is InChI=1S/C22H19BrN2O3/c23-19-12-10-17(11-13-19)21(26)22(27)25-24-14-18-8-4-5-9-20(18)28-15-16-6-2-1-3-7-16/h1-14,21,26H,15H2,(H,25,27)/b24-14-. The Morgan fingerprint density at radius 2 is 1.71 bits per heavy atom. The van der Waals surface area contributed by atoms with E-state index in [2.05, 4.69) is 26.5 Å². The van der Waals surface area contributed by atoms with Crippen LogP contribution in [0.15, 0.2) is 88.4 Å². The summed E-state index contributed by atoms with van der Waals surface area (Å²) < 4.78 is 6.72. The zero-order valence-electron chi connectivity index (χ0n) is 15.0. The summed E-state index contributed by atoms with van der Waals surface area (Å²) in [6, 6.07) is 24.1. The summed E-state index contributed by atoms with van der Waals surface area (Å²) in [5.74, 6) is 0.0408. The van der Waals surface area contributed by atoms with E-state index in [1.54, 1.807) is 24.3 Å². The summed E-state index contributed by atoms with van der Waals surface area (Å²) in [6.07, 6.45) is 0.196. The van der Waals surface area contributed by atoms with Crippen LogP contribution in [0.5, 0.6) is 5.75 Å². The first-order valence-corrected chi connectivity index (χ1v) is 9.45. The molecule has 2 N–H and O–H groups in total. The van der Waals surface area contributed by atoms with Crippen LogP contribution in [-0.2, 0) is 11.4 Å². The fourth-order valence-electron chi connectivity index (χ4n) is 2.48. The lowest BCUT2D eigenvalue weighted by Crippen LogP contribution is -2.25. The molecule has 1 unspecified atom stereocenters. The highest BCUT2D eigenvalue weighted by Gasteiger charge is 2.16. The van der Waals surface area contributed by atoms with Crippen LogP contribution >= 0.6 is 15.9 Å². The van der Waals surface area contributed by atoms with Crippen molar-refractivity contribution in [1.82, 2.24) is 5.43 Å². The number of carbonyl (C=O) groups excluding carboxylic acids is 1. The van der Waals surface area contributed by atoms with Crippen molar-refractivity contribution in [2.24, 2.45) is 5.10 Å². The molecule has 0 saturated heterocycles. The van der Waals surface area contributed by atoms with Crippen molar-refractivity contribution >= 4 is 28.1 Å². The van der Waals surface area contributed by atoms with Gasteiger partial charge in [0.2, 0.25) is 0 Å². The van der Waals surface area contributed by atoms with E-state index in [1.807, 2.05) is 54.6 Å². The van der Waals surface area contributed by atoms with E-state index in [1.165, 1.54) is 6.21 Å². The van der Waals surface area contributed by atoms with E-state index in [0.29, 0.717) is 17.9 Å². The molecule has 6 heteroatoms. The largest absolute Gasteiger partial charge is 0.488 e. The number of amides is 1. The number of halogens is 1. The van der Waals surface area contributed by atoms with Crippen LogP contribution in [0.1, 0.15) is 22.8 Å². The number of para-hydroxylation sites is 1. The van der Waals surface area contributed by atoms with Crippen LogP contribution in [0.4, 0.5) is 0 Å². The Balaban J connectivity index is 1.60. The minimum atomic E-state index is -1.30. The molecule has 0 spiro atoms. The van der Waals surface area contributed by atoms with Crippen molar-refractivity contribution in [3.8, 4) is 5.75 Å². The molecule has 1 atom stereocenters. The number of nitrogens with one attached hydrogen (secondary N) is 1. The number of hydrazone groups is 1. The summed E-state index contributed by atoms with van der Waals surface area (Å²) in [5.41, 5.74) is 4.62. The molecule has 1 amide bonds. The average Bonchev–Trinajstić information content (AvgIpc) is 2.73. The fraction of sp³-hybridized carbons (Fsp3) is 0.0909. The Morgan fingerprint density at radius 1 is 1.04 bits per heavy atom. The maximum atomic E-state index is 12.1. The number of ether oxygens (including phenoxy) is 1. The monoisotopic (exact) mass is 438 g/mol. The molecular weight excluding hydrogens is 420 g/mol. The molecular formula is C22H19BrN2O3. The summed E-state index contributed by atoms with van der Waals surface area (Å²) in [5, 5.41) is 14.1. The van der Waals surface area contributed by atoms with Crippen LogP contribution in [0, 0.1) is 0 Å². The van der Waals surface area contributed by atoms with Crippen LogP contribution in [0.3, 0.4) is 0 Å². The van der Waals surface area contributed by atoms with Gasteiger partial charge in [0.25, 0.3) is 5.91 Å². The van der Waals surface area contributed by atoms with Crippen molar-refractivity contribution in [2.45, 2.75) is 12.7 Å². The molecule has 0 aromatic heterocycles. The van der Waals surface area contributed by atoms with Gasteiger partial charge in [-0.25, -0.2) is 5.43 Å². The van der Waals surface area contributed by atoms with E-state index >= 15 is 0 Å². The maximum Gasteiger partial charge on any atom is 0.273 e. The highest BCUT2D eigenvalue weighted by atomic mass is 79.9. The maximum absolute atomic E-state index is 12.1. The zero-order valence-corrected chi connectivity index (χ0v) is 16.5. The number of nitrogens with zero attached hydrogens (tertiary/aromatic N) is 1. The van der Waals surface area contributed by atoms with E-state index in [-0.39, 0.29) is 0 Å². The first kappa shape index (κ1) is 19.8. The summed E-state index contributed by atoms with van der Waals surface area (Å²) >= 11 is 3.32. The third-order valence-electron chi connectivity index (χ3n) is 3.97. The van der Waals surface area contributed by atoms with E-state index in [4.69, 9.17) is 4.74 Å². The minimum Gasteiger partial charge on any atom is -0.488 e. The molecule has 0 saturated carbocycles. The molecule has 0 heterocycles. The number of carbonyl (C=O) groups is 1. The Kier molecular flexibility index (Phi) is 6.94. The highest BCUT2D eigenvalue weighted by Crippen LogP contribution is 2.18. The molecule has 3 aromatic carbocycles. The van der Waals surface area contributed by atoms with Crippen molar-refractivity contribution in [3.63, 3.8) is 0 Å². The normalized spacial score (nSPS) is 11.9. The zero-order chi connectivity index (χ0) is 19.8. The molecule has 142 valence electrons. The lowest BCUT2D eigenvalue weighted by Gasteiger charge is -2.10. The predicted octanol–water partition coefficient (Wildman–Crippen LogP) is 4.21. The Bertz CT molecular complexity index is 944. The molecule has 0 bridgehead atoms. The Hall–Kier alpha value is -2.96. The van der Waals surface area contributed by atoms with Crippen molar-refractivity contribution in [3.05, 3.63) is 100 Å². The van der Waals surface area contributed by atoms with Gasteiger partial charge >= 0.3 is 0 Å². The Labute approximate surface area is 171 Å². The van der Waals surface area contributed by atoms with E-state index in [0.717, 1.165) is 15.6 Å². The molecule has 0 aliphatic rings. The van der Waals surface area contributed by atoms with Gasteiger partial charge in [-0.2, -0.15) is 5.10 Å². The first-order chi connectivity index (χ1) is 13.6. The first-order valence-electron chi connectivity index (χ1n) is 8.65. The summed E-state index contributed by atoms with van der Waals surface area (Å²) in [7, 11) is 0. The van der Waals surface area contributed by atoms with Crippen molar-refractivity contribution in [2.75, 3.05) is 0 Å². The molecule has 3 rings (SSSR count). The van der Waals surface area contributed by atoms with Gasteiger partial charge in [0.15, 0.2) is 6.10 Å². The molecule has 0 fully saturated rings. The van der Waals surface area contributed by atoms with Crippen molar-refractivity contribution < 1.29 is 14.6 Å². The molecule has 28 heavy (non-hydrogen) atoms. The van der Waals surface area contributed by atoms with Gasteiger partial charge in [-0.1, -0.05) is 70.5 Å². The van der Waals surface area contributed by atoms with Gasteiger partial charge < -0.3 is 9.84 Å². The lowest BCUT2D eigenvalue weighted by molar-refractivity contribution is -0.129. The number of hydrogen-bond donors (Lipinski definition) is 2. The second kappa shape index (κ2) is 9.82. The fourth-order valence-corrected chi connectivity index (χ4v) is 2.74. The van der Waals surface area contributed by atoms with Crippen LogP contribution in [0.2, 0.25) is 0 Å². The van der Waals surface area contributed by atoms with Crippen LogP contribution in [-0.4, -0.2) is 17.2 Å². The smallest absolute Gasteiger partial charge is 0.273 e. The van der Waals surface area contributed by atoms with Gasteiger partial charge in [-0.15, -0.1) is 0 Å². The van der Waals surface area contributed by atoms with Gasteiger partial charge in [0, 0.05) is 10.0 Å². The minimum absolute atomic E-state index is 0.431. The van der Waals surface area contributed by atoms with E-state index < -0.39 is 12.0 Å². The highest BCUT2D eigenvalue weighted by molar-refractivity contribution is 9.10. The van der Waals surface area contributed by atoms with E-state index in [9.17, 15) is 9.90 Å². The molecule has 3 aromatic rings. The number of benzene rings is 3. The second-order valence-electron chi connectivity index (χ2n) is 6.00. The number of aliphatic hydroxyl groups is 1. The summed E-state index contributed by atoms with van der Waals surface area (Å²) in [4.78, 5) is 12.1. The third kappa shape index (κ3) is 5.52. The summed E-state index contributed by atoms with van der Waals surface area (Å²) in [6.45, 7) is 0.431. The number of hydrogen-bond acceptors (Lipinski definition) is 4. The Morgan fingerprint density at radius 3 is 2.46 bits per heavy atom. The average molecular weight is 439 g/mol. The molecule has 0 aliphatic carbocycles. The molecule has 0 radical (unpaired) electrons. The lowest BCUT2D eigenvalue weighted by atomic mass is 10.1. The van der Waals surface area contributed by atoms with Crippen LogP contribution < -0.4 is 10.2 Å². The van der Waals surface area contributed by atoms with Crippen LogP contribution in [0.25, 0.3) is 0 Å². The van der Waals surface area contributed by atoms with Gasteiger partial charge in [-0.05, 0) is 35.4 Å². The van der Waals surface area contributed by atoms with Gasteiger partial charge in [0.1, 0.15) is 12.4 Å². The SMILES string of the molecule is O=C(N/N=C\c1ccccc1OCc1ccccc1)C(O)c1ccc(Br)cc1. The third-order valence-corrected chi connectivity index (χ3v) is 4.50. The van der Waals surface area contributed by atoms with Gasteiger partial charge in [-0.3, -0.25) is 4.79 Å². The topological polar surface area (TPSA) is 70.9 Å². The predicted molar refractivity (Wildman–Crippen MR) is 112 cm³/mol. The quantitative estimate of drug-likeness (QED) is 0.428. The van der Waals surface area contributed by atoms with Crippen molar-refractivity contribution in [1.29, 1.82) is 0 Å². The van der Waals surface area contributed by atoms with Gasteiger partial charge in [0.05, 0.1) is 6.21 Å². The molecule has 5 nitrogen and oxygen atoms in total. The number of aliphatic hydroxyl groups excluding tert-OH is 1.